The highest BCUT2D eigenvalue weighted by molar-refractivity contribution is 6.35. The number of amides is 2. The van der Waals surface area contributed by atoms with Crippen molar-refractivity contribution in [1.29, 1.82) is 0 Å². The number of benzene rings is 1. The van der Waals surface area contributed by atoms with Crippen LogP contribution in [0.25, 0.3) is 0 Å². The summed E-state index contributed by atoms with van der Waals surface area (Å²) in [7, 11) is 1.58. The van der Waals surface area contributed by atoms with Gasteiger partial charge in [-0.2, -0.15) is 0 Å². The van der Waals surface area contributed by atoms with Gasteiger partial charge in [0.05, 0.1) is 13.2 Å². The monoisotopic (exact) mass is 280 g/mol. The van der Waals surface area contributed by atoms with Crippen LogP contribution >= 0.6 is 0 Å². The van der Waals surface area contributed by atoms with Crippen molar-refractivity contribution in [2.24, 2.45) is 0 Å². The van der Waals surface area contributed by atoms with Crippen LogP contribution in [0.1, 0.15) is 24.9 Å². The third kappa shape index (κ3) is 4.89. The average molecular weight is 280 g/mol. The number of methoxy groups -OCH3 is 1. The van der Waals surface area contributed by atoms with Crippen LogP contribution in [-0.4, -0.2) is 37.2 Å². The molecule has 1 rings (SSSR count). The summed E-state index contributed by atoms with van der Waals surface area (Å²) >= 11 is 0. The summed E-state index contributed by atoms with van der Waals surface area (Å²) in [6, 6.07) is 6.96. The lowest BCUT2D eigenvalue weighted by atomic mass is 10.1. The smallest absolute Gasteiger partial charge is 0.309 e. The van der Waals surface area contributed by atoms with Gasteiger partial charge in [0, 0.05) is 13.2 Å². The molecule has 0 bridgehead atoms. The van der Waals surface area contributed by atoms with Crippen molar-refractivity contribution >= 4 is 11.8 Å². The molecule has 20 heavy (non-hydrogen) atoms. The molecule has 2 amide bonds. The zero-order valence-corrected chi connectivity index (χ0v) is 11.7. The molecule has 1 unspecified atom stereocenters. The maximum absolute atomic E-state index is 11.6. The molecule has 0 heterocycles. The standard InChI is InChI=1S/C14H20N2O4/c1-10(11-4-6-12(20-2)7-5-11)16-14(19)13(18)15-8-3-9-17/h4-7,10,17H,3,8-9H2,1-2H3,(H,15,18)(H,16,19). The Morgan fingerprint density at radius 3 is 2.45 bits per heavy atom. The molecule has 0 saturated carbocycles. The van der Waals surface area contributed by atoms with E-state index in [2.05, 4.69) is 10.6 Å². The van der Waals surface area contributed by atoms with E-state index in [1.165, 1.54) is 0 Å². The number of carbonyl (C=O) groups is 2. The van der Waals surface area contributed by atoms with Crippen LogP contribution in [-0.2, 0) is 9.59 Å². The number of nitrogens with one attached hydrogen (secondary N) is 2. The molecule has 1 aromatic carbocycles. The quantitative estimate of drug-likeness (QED) is 0.519. The summed E-state index contributed by atoms with van der Waals surface area (Å²) in [6.07, 6.45) is 0.424. The highest BCUT2D eigenvalue weighted by Gasteiger charge is 2.16. The van der Waals surface area contributed by atoms with Crippen LogP contribution in [0.5, 0.6) is 5.75 Å². The largest absolute Gasteiger partial charge is 0.497 e. The van der Waals surface area contributed by atoms with Crippen LogP contribution in [0.15, 0.2) is 24.3 Å². The molecule has 0 aliphatic heterocycles. The van der Waals surface area contributed by atoms with E-state index >= 15 is 0 Å². The Bertz CT molecular complexity index is 445. The van der Waals surface area contributed by atoms with E-state index in [9.17, 15) is 9.59 Å². The van der Waals surface area contributed by atoms with Gasteiger partial charge in [-0.05, 0) is 31.0 Å². The fourth-order valence-corrected chi connectivity index (χ4v) is 1.60. The minimum absolute atomic E-state index is 0.0237. The minimum Gasteiger partial charge on any atom is -0.497 e. The van der Waals surface area contributed by atoms with Crippen LogP contribution in [0.3, 0.4) is 0 Å². The Kier molecular flexibility index (Phi) is 6.52. The Hall–Kier alpha value is -2.08. The van der Waals surface area contributed by atoms with Gasteiger partial charge in [-0.15, -0.1) is 0 Å². The van der Waals surface area contributed by atoms with Crippen molar-refractivity contribution in [3.05, 3.63) is 29.8 Å². The lowest BCUT2D eigenvalue weighted by Crippen LogP contribution is -2.41. The topological polar surface area (TPSA) is 87.7 Å². The van der Waals surface area contributed by atoms with Gasteiger partial charge in [0.15, 0.2) is 0 Å². The third-order valence-corrected chi connectivity index (χ3v) is 2.79. The number of carbonyl (C=O) groups excluding carboxylic acids is 2. The van der Waals surface area contributed by atoms with E-state index in [1.54, 1.807) is 26.2 Å². The molecule has 0 aliphatic carbocycles. The molecule has 0 aliphatic rings. The molecular weight excluding hydrogens is 260 g/mol. The average Bonchev–Trinajstić information content (AvgIpc) is 2.47. The van der Waals surface area contributed by atoms with Crippen molar-refractivity contribution in [2.45, 2.75) is 19.4 Å². The fraction of sp³-hybridized carbons (Fsp3) is 0.429. The first-order valence-corrected chi connectivity index (χ1v) is 6.42. The first-order valence-electron chi connectivity index (χ1n) is 6.42. The van der Waals surface area contributed by atoms with Gasteiger partial charge in [0.1, 0.15) is 5.75 Å². The van der Waals surface area contributed by atoms with E-state index < -0.39 is 11.8 Å². The molecule has 0 aromatic heterocycles. The summed E-state index contributed by atoms with van der Waals surface area (Å²) in [6.45, 7) is 2.05. The maximum Gasteiger partial charge on any atom is 0.309 e. The molecule has 3 N–H and O–H groups in total. The van der Waals surface area contributed by atoms with Gasteiger partial charge in [-0.3, -0.25) is 9.59 Å². The molecule has 0 saturated heterocycles. The van der Waals surface area contributed by atoms with E-state index in [1.807, 2.05) is 12.1 Å². The highest BCUT2D eigenvalue weighted by Crippen LogP contribution is 2.16. The second kappa shape index (κ2) is 8.16. The predicted octanol–water partition coefficient (Wildman–Crippen LogP) is 0.371. The molecule has 6 heteroatoms. The number of rotatable bonds is 6. The van der Waals surface area contributed by atoms with Gasteiger partial charge < -0.3 is 20.5 Å². The Morgan fingerprint density at radius 1 is 1.25 bits per heavy atom. The molecule has 0 radical (unpaired) electrons. The third-order valence-electron chi connectivity index (χ3n) is 2.79. The normalized spacial score (nSPS) is 11.6. The van der Waals surface area contributed by atoms with E-state index in [-0.39, 0.29) is 19.2 Å². The number of hydrogen-bond donors (Lipinski definition) is 3. The fourth-order valence-electron chi connectivity index (χ4n) is 1.60. The van der Waals surface area contributed by atoms with E-state index in [0.717, 1.165) is 11.3 Å². The molecular formula is C14H20N2O4. The summed E-state index contributed by atoms with van der Waals surface area (Å²) < 4.78 is 5.05. The molecule has 1 aromatic rings. The van der Waals surface area contributed by atoms with Gasteiger partial charge in [-0.1, -0.05) is 12.1 Å². The van der Waals surface area contributed by atoms with Crippen molar-refractivity contribution < 1.29 is 19.4 Å². The Morgan fingerprint density at radius 2 is 1.90 bits per heavy atom. The number of hydrogen-bond acceptors (Lipinski definition) is 4. The first-order chi connectivity index (χ1) is 9.58. The molecule has 110 valence electrons. The summed E-state index contributed by atoms with van der Waals surface area (Å²) in [5.74, 6) is -0.654. The van der Waals surface area contributed by atoms with Crippen molar-refractivity contribution in [2.75, 3.05) is 20.3 Å². The van der Waals surface area contributed by atoms with Crippen LogP contribution in [0, 0.1) is 0 Å². The number of aliphatic hydroxyl groups excluding tert-OH is 1. The van der Waals surface area contributed by atoms with Gasteiger partial charge in [0.2, 0.25) is 0 Å². The molecule has 6 nitrogen and oxygen atoms in total. The van der Waals surface area contributed by atoms with Gasteiger partial charge in [0.25, 0.3) is 0 Å². The Balaban J connectivity index is 2.49. The zero-order chi connectivity index (χ0) is 15.0. The summed E-state index contributed by atoms with van der Waals surface area (Å²) in [5.41, 5.74) is 0.877. The SMILES string of the molecule is COc1ccc(C(C)NC(=O)C(=O)NCCCO)cc1. The van der Waals surface area contributed by atoms with Crippen molar-refractivity contribution in [3.63, 3.8) is 0 Å². The summed E-state index contributed by atoms with van der Waals surface area (Å²) in [4.78, 5) is 23.1. The van der Waals surface area contributed by atoms with Crippen LogP contribution < -0.4 is 15.4 Å². The lowest BCUT2D eigenvalue weighted by molar-refractivity contribution is -0.139. The molecule has 0 fully saturated rings. The maximum atomic E-state index is 11.6. The first kappa shape index (κ1) is 16.0. The minimum atomic E-state index is -0.696. The second-order valence-electron chi connectivity index (χ2n) is 4.30. The number of ether oxygens (including phenoxy) is 1. The van der Waals surface area contributed by atoms with Gasteiger partial charge >= 0.3 is 11.8 Å². The van der Waals surface area contributed by atoms with Crippen molar-refractivity contribution in [1.82, 2.24) is 10.6 Å². The second-order valence-corrected chi connectivity index (χ2v) is 4.30. The number of aliphatic hydroxyl groups is 1. The molecule has 1 atom stereocenters. The van der Waals surface area contributed by atoms with Crippen LogP contribution in [0.2, 0.25) is 0 Å². The predicted molar refractivity (Wildman–Crippen MR) is 74.3 cm³/mol. The lowest BCUT2D eigenvalue weighted by Gasteiger charge is -2.14. The van der Waals surface area contributed by atoms with Gasteiger partial charge in [-0.25, -0.2) is 0 Å². The Labute approximate surface area is 118 Å². The van der Waals surface area contributed by atoms with Crippen molar-refractivity contribution in [3.8, 4) is 5.75 Å². The van der Waals surface area contributed by atoms with E-state index in [0.29, 0.717) is 6.42 Å². The molecule has 0 spiro atoms. The van der Waals surface area contributed by atoms with E-state index in [4.69, 9.17) is 9.84 Å². The zero-order valence-electron chi connectivity index (χ0n) is 11.7. The summed E-state index contributed by atoms with van der Waals surface area (Å²) in [5, 5.41) is 13.6. The highest BCUT2D eigenvalue weighted by atomic mass is 16.5. The van der Waals surface area contributed by atoms with Crippen LogP contribution in [0.4, 0.5) is 0 Å².